The van der Waals surface area contributed by atoms with E-state index in [4.69, 9.17) is 0 Å². The molecule has 1 aliphatic rings. The molecular weight excluding hydrogens is 286 g/mol. The molecule has 1 amide bonds. The first-order chi connectivity index (χ1) is 9.16. The monoisotopic (exact) mass is 309 g/mol. The second-order valence-electron chi connectivity index (χ2n) is 6.90. The lowest BCUT2D eigenvalue weighted by atomic mass is 10.0. The molecule has 6 heteroatoms. The molecule has 2 heterocycles. The highest BCUT2D eigenvalue weighted by atomic mass is 32.1. The lowest BCUT2D eigenvalue weighted by Gasteiger charge is -2.56. The highest BCUT2D eigenvalue weighted by molar-refractivity contribution is 7.80. The fraction of sp³-hybridized carbons (Fsp3) is 0.643. The van der Waals surface area contributed by atoms with Crippen molar-refractivity contribution in [1.82, 2.24) is 14.5 Å². The van der Waals surface area contributed by atoms with Crippen LogP contribution in [0.2, 0.25) is 18.1 Å². The van der Waals surface area contributed by atoms with Crippen molar-refractivity contribution in [2.24, 2.45) is 0 Å². The van der Waals surface area contributed by atoms with Crippen LogP contribution < -0.4 is 0 Å². The summed E-state index contributed by atoms with van der Waals surface area (Å²) >= 11 is 4.68. The molecule has 1 saturated heterocycles. The third-order valence-corrected chi connectivity index (χ3v) is 10.7. The van der Waals surface area contributed by atoms with Gasteiger partial charge in [0.15, 0.2) is 8.24 Å². The van der Waals surface area contributed by atoms with Crippen LogP contribution in [0.25, 0.3) is 0 Å². The zero-order chi connectivity index (χ0) is 15.1. The van der Waals surface area contributed by atoms with Gasteiger partial charge in [0, 0.05) is 18.8 Å². The number of nitrogens with zero attached hydrogens (tertiary/aromatic N) is 3. The fourth-order valence-corrected chi connectivity index (χ4v) is 5.42. The fourth-order valence-electron chi connectivity index (χ4n) is 2.42. The molecule has 0 N–H and O–H groups in total. The highest BCUT2D eigenvalue weighted by Gasteiger charge is 2.53. The van der Waals surface area contributed by atoms with Crippen molar-refractivity contribution in [3.63, 3.8) is 0 Å². The van der Waals surface area contributed by atoms with E-state index >= 15 is 0 Å². The molecule has 0 aliphatic carbocycles. The molecule has 1 aromatic rings. The van der Waals surface area contributed by atoms with E-state index in [1.807, 2.05) is 0 Å². The molecule has 0 bridgehead atoms. The number of thiol groups is 1. The Morgan fingerprint density at radius 2 is 1.90 bits per heavy atom. The van der Waals surface area contributed by atoms with Gasteiger partial charge < -0.3 is 4.57 Å². The number of β-lactam (4-membered cyclic amide) rings is 1. The number of hydrogen-bond acceptors (Lipinski definition) is 4. The maximum Gasteiger partial charge on any atom is 0.217 e. The van der Waals surface area contributed by atoms with Gasteiger partial charge in [-0.3, -0.25) is 4.79 Å². The van der Waals surface area contributed by atoms with E-state index in [0.717, 1.165) is 0 Å². The Morgan fingerprint density at radius 1 is 1.35 bits per heavy atom. The topological polar surface area (TPSA) is 46.1 Å². The van der Waals surface area contributed by atoms with E-state index < -0.39 is 8.24 Å². The summed E-state index contributed by atoms with van der Waals surface area (Å²) in [5, 5.41) is 0.0230. The number of aromatic nitrogens is 2. The van der Waals surface area contributed by atoms with E-state index in [1.54, 1.807) is 18.5 Å². The van der Waals surface area contributed by atoms with Gasteiger partial charge in [-0.15, -0.1) is 0 Å². The number of hydrogen-bond donors (Lipinski definition) is 1. The summed E-state index contributed by atoms with van der Waals surface area (Å²) in [7, 11) is -1.86. The minimum absolute atomic E-state index is 0.108. The first-order valence-corrected chi connectivity index (χ1v) is 10.4. The van der Waals surface area contributed by atoms with Gasteiger partial charge in [-0.05, 0) is 11.1 Å². The van der Waals surface area contributed by atoms with Crippen LogP contribution in [0.4, 0.5) is 0 Å². The molecule has 1 aromatic heterocycles. The van der Waals surface area contributed by atoms with Crippen molar-refractivity contribution >= 4 is 26.8 Å². The zero-order valence-electron chi connectivity index (χ0n) is 12.8. The Labute approximate surface area is 127 Å². The molecule has 0 spiro atoms. The molecule has 0 saturated carbocycles. The largest absolute Gasteiger partial charge is 0.364 e. The third kappa shape index (κ3) is 2.51. The highest BCUT2D eigenvalue weighted by Crippen LogP contribution is 2.46. The molecule has 2 atom stereocenters. The quantitative estimate of drug-likeness (QED) is 0.530. The van der Waals surface area contributed by atoms with E-state index in [2.05, 4.69) is 61.0 Å². The van der Waals surface area contributed by atoms with Gasteiger partial charge in [0.1, 0.15) is 5.82 Å². The molecular formula is C14H23N3OSSi. The minimum atomic E-state index is -1.86. The van der Waals surface area contributed by atoms with Crippen molar-refractivity contribution in [3.8, 4) is 0 Å². The van der Waals surface area contributed by atoms with Gasteiger partial charge in [-0.2, -0.15) is 12.6 Å². The number of amides is 1. The summed E-state index contributed by atoms with van der Waals surface area (Å²) in [5.41, 5.74) is 0. The van der Waals surface area contributed by atoms with Crippen molar-refractivity contribution in [3.05, 3.63) is 24.3 Å². The second-order valence-corrected chi connectivity index (χ2v) is 12.6. The van der Waals surface area contributed by atoms with Crippen LogP contribution in [0, 0.1) is 0 Å². The van der Waals surface area contributed by atoms with Gasteiger partial charge in [0.25, 0.3) is 0 Å². The number of carbonyl (C=O) groups excluding carboxylic acids is 1. The first kappa shape index (κ1) is 15.5. The van der Waals surface area contributed by atoms with Crippen molar-refractivity contribution in [2.75, 3.05) is 0 Å². The maximum absolute atomic E-state index is 12.2. The predicted octanol–water partition coefficient (Wildman–Crippen LogP) is 3.05. The van der Waals surface area contributed by atoms with E-state index in [1.165, 1.54) is 0 Å². The Kier molecular flexibility index (Phi) is 3.99. The lowest BCUT2D eigenvalue weighted by molar-refractivity contribution is -0.139. The van der Waals surface area contributed by atoms with Crippen LogP contribution in [-0.4, -0.2) is 34.7 Å². The van der Waals surface area contributed by atoms with Gasteiger partial charge >= 0.3 is 0 Å². The standard InChI is InChI=1S/C14H23N3OSSi/c1-14(2,3)20(4,5)17-10(9-11(17)18)12(19)13-15-7-6-8-16-13/h6-8,10,12,19H,9H2,1-5H3/t10?,12-/m1/s1. The maximum atomic E-state index is 12.2. The van der Waals surface area contributed by atoms with Crippen molar-refractivity contribution in [2.45, 2.75) is 56.6 Å². The second kappa shape index (κ2) is 5.15. The summed E-state index contributed by atoms with van der Waals surface area (Å²) in [6.07, 6.45) is 4.00. The van der Waals surface area contributed by atoms with Crippen LogP contribution in [0.3, 0.4) is 0 Å². The molecule has 4 nitrogen and oxygen atoms in total. The molecule has 0 radical (unpaired) electrons. The summed E-state index contributed by atoms with van der Waals surface area (Å²) in [6, 6.07) is 1.91. The number of rotatable bonds is 3. The van der Waals surface area contributed by atoms with Crippen LogP contribution in [0.5, 0.6) is 0 Å². The summed E-state index contributed by atoms with van der Waals surface area (Å²) in [5.74, 6) is 0.952. The Balaban J connectivity index is 2.25. The van der Waals surface area contributed by atoms with E-state index in [0.29, 0.717) is 12.2 Å². The molecule has 1 unspecified atom stereocenters. The van der Waals surface area contributed by atoms with E-state index in [-0.39, 0.29) is 22.2 Å². The first-order valence-electron chi connectivity index (χ1n) is 6.93. The minimum Gasteiger partial charge on any atom is -0.364 e. The van der Waals surface area contributed by atoms with E-state index in [9.17, 15) is 4.79 Å². The van der Waals surface area contributed by atoms with Crippen LogP contribution in [0.1, 0.15) is 38.3 Å². The molecule has 20 heavy (non-hydrogen) atoms. The van der Waals surface area contributed by atoms with Crippen molar-refractivity contribution < 1.29 is 4.79 Å². The molecule has 110 valence electrons. The van der Waals surface area contributed by atoms with Crippen LogP contribution in [0.15, 0.2) is 18.5 Å². The third-order valence-electron chi connectivity index (χ3n) is 4.64. The average molecular weight is 310 g/mol. The van der Waals surface area contributed by atoms with Crippen molar-refractivity contribution in [1.29, 1.82) is 0 Å². The average Bonchev–Trinajstić information content (AvgIpc) is 2.34. The number of carbonyl (C=O) groups is 1. The summed E-state index contributed by atoms with van der Waals surface area (Å²) in [4.78, 5) is 20.7. The Morgan fingerprint density at radius 3 is 2.35 bits per heavy atom. The van der Waals surface area contributed by atoms with Gasteiger partial charge in [-0.25, -0.2) is 9.97 Å². The predicted molar refractivity (Wildman–Crippen MR) is 86.2 cm³/mol. The van der Waals surface area contributed by atoms with Gasteiger partial charge in [0.2, 0.25) is 5.91 Å². The molecule has 1 fully saturated rings. The van der Waals surface area contributed by atoms with Crippen LogP contribution in [-0.2, 0) is 4.79 Å². The summed E-state index contributed by atoms with van der Waals surface area (Å²) < 4.78 is 2.10. The Bertz CT molecular complexity index is 501. The smallest absolute Gasteiger partial charge is 0.217 e. The van der Waals surface area contributed by atoms with Gasteiger partial charge in [-0.1, -0.05) is 33.9 Å². The zero-order valence-corrected chi connectivity index (χ0v) is 14.7. The molecule has 0 aromatic carbocycles. The normalized spacial score (nSPS) is 21.6. The SMILES string of the molecule is CC(C)(C)[Si](C)(C)N1C(=O)CC1[C@@H](S)c1ncccn1. The summed E-state index contributed by atoms with van der Waals surface area (Å²) in [6.45, 7) is 11.2. The molecule has 2 rings (SSSR count). The Hall–Kier alpha value is -0.883. The lowest BCUT2D eigenvalue weighted by Crippen LogP contribution is -2.69. The molecule has 1 aliphatic heterocycles. The van der Waals surface area contributed by atoms with Gasteiger partial charge in [0.05, 0.1) is 11.3 Å². The van der Waals surface area contributed by atoms with Crippen LogP contribution >= 0.6 is 12.6 Å².